The molecule has 1 aromatic rings. The molecule has 0 amide bonds. The molecule has 1 saturated heterocycles. The van der Waals surface area contributed by atoms with Gasteiger partial charge in [-0.3, -0.25) is 4.90 Å². The fourth-order valence-electron chi connectivity index (χ4n) is 2.46. The van der Waals surface area contributed by atoms with Gasteiger partial charge < -0.3 is 10.6 Å². The molecule has 0 saturated carbocycles. The molecule has 1 aliphatic rings. The Hall–Kier alpha value is -1.34. The summed E-state index contributed by atoms with van der Waals surface area (Å²) in [7, 11) is 0. The van der Waals surface area contributed by atoms with Crippen LogP contribution in [-0.4, -0.2) is 43.8 Å². The molecule has 1 fully saturated rings. The Morgan fingerprint density at radius 3 is 2.30 bits per heavy atom. The van der Waals surface area contributed by atoms with E-state index in [4.69, 9.17) is 5.73 Å². The first-order valence-electron chi connectivity index (χ1n) is 6.42. The third-order valence-corrected chi connectivity index (χ3v) is 3.38. The molecule has 1 heterocycles. The molecule has 0 spiro atoms. The maximum atomic E-state index is 13.9. The van der Waals surface area contributed by atoms with Gasteiger partial charge in [-0.05, 0) is 11.6 Å². The average molecular weight is 291 g/mol. The second-order valence-corrected chi connectivity index (χ2v) is 4.83. The van der Waals surface area contributed by atoms with E-state index < -0.39 is 12.7 Å². The molecule has 1 aromatic carbocycles. The number of alkyl halides is 3. The van der Waals surface area contributed by atoms with Crippen LogP contribution in [0.25, 0.3) is 0 Å². The fraction of sp³-hybridized carbons (Fsp3) is 0.538. The minimum atomic E-state index is -4.19. The SMILES string of the molecule is NCc1cccc(F)c1N1CCN(CC(F)(F)F)CC1. The Labute approximate surface area is 115 Å². The van der Waals surface area contributed by atoms with E-state index in [1.54, 1.807) is 17.0 Å². The highest BCUT2D eigenvalue weighted by molar-refractivity contribution is 5.55. The van der Waals surface area contributed by atoms with Crippen molar-refractivity contribution in [3.63, 3.8) is 0 Å². The third-order valence-electron chi connectivity index (χ3n) is 3.38. The molecule has 2 N–H and O–H groups in total. The van der Waals surface area contributed by atoms with Gasteiger partial charge in [0, 0.05) is 32.7 Å². The first-order chi connectivity index (χ1) is 9.40. The molecule has 7 heteroatoms. The van der Waals surface area contributed by atoms with Crippen molar-refractivity contribution in [1.82, 2.24) is 4.90 Å². The third kappa shape index (κ3) is 3.61. The lowest BCUT2D eigenvalue weighted by atomic mass is 10.1. The standard InChI is InChI=1S/C13H17F4N3/c14-11-3-1-2-10(8-18)12(11)20-6-4-19(5-7-20)9-13(15,16)17/h1-3H,4-9,18H2. The number of nitrogens with two attached hydrogens (primary N) is 1. The molecule has 0 atom stereocenters. The van der Waals surface area contributed by atoms with Crippen LogP contribution in [0.3, 0.4) is 0 Å². The van der Waals surface area contributed by atoms with Crippen LogP contribution in [0.1, 0.15) is 5.56 Å². The van der Waals surface area contributed by atoms with Gasteiger partial charge in [-0.1, -0.05) is 12.1 Å². The zero-order valence-electron chi connectivity index (χ0n) is 11.0. The van der Waals surface area contributed by atoms with E-state index in [1.165, 1.54) is 11.0 Å². The summed E-state index contributed by atoms with van der Waals surface area (Å²) in [5, 5.41) is 0. The average Bonchev–Trinajstić information content (AvgIpc) is 2.38. The number of hydrogen-bond acceptors (Lipinski definition) is 3. The molecule has 0 radical (unpaired) electrons. The summed E-state index contributed by atoms with van der Waals surface area (Å²) in [4.78, 5) is 3.10. The zero-order chi connectivity index (χ0) is 14.8. The topological polar surface area (TPSA) is 32.5 Å². The van der Waals surface area contributed by atoms with Gasteiger partial charge in [0.15, 0.2) is 0 Å². The Morgan fingerprint density at radius 2 is 1.75 bits per heavy atom. The number of rotatable bonds is 3. The van der Waals surface area contributed by atoms with Crippen LogP contribution in [0.2, 0.25) is 0 Å². The van der Waals surface area contributed by atoms with Crippen molar-refractivity contribution < 1.29 is 17.6 Å². The summed E-state index contributed by atoms with van der Waals surface area (Å²) in [6.07, 6.45) is -4.19. The van der Waals surface area contributed by atoms with E-state index in [0.29, 0.717) is 24.3 Å². The number of para-hydroxylation sites is 1. The zero-order valence-corrected chi connectivity index (χ0v) is 11.0. The van der Waals surface area contributed by atoms with Crippen LogP contribution in [0, 0.1) is 5.82 Å². The normalized spacial score (nSPS) is 17.6. The number of benzene rings is 1. The number of piperazine rings is 1. The lowest BCUT2D eigenvalue weighted by molar-refractivity contribution is -0.146. The van der Waals surface area contributed by atoms with Crippen LogP contribution in [0.5, 0.6) is 0 Å². The van der Waals surface area contributed by atoms with E-state index in [0.717, 1.165) is 0 Å². The summed E-state index contributed by atoms with van der Waals surface area (Å²) >= 11 is 0. The summed E-state index contributed by atoms with van der Waals surface area (Å²) in [5.41, 5.74) is 6.68. The highest BCUT2D eigenvalue weighted by Gasteiger charge is 2.32. The maximum absolute atomic E-state index is 13.9. The number of halogens is 4. The van der Waals surface area contributed by atoms with Crippen LogP contribution < -0.4 is 10.6 Å². The summed E-state index contributed by atoms with van der Waals surface area (Å²) in [5.74, 6) is -0.378. The Bertz CT molecular complexity index is 453. The van der Waals surface area contributed by atoms with Crippen molar-refractivity contribution in [2.45, 2.75) is 12.7 Å². The molecule has 2 rings (SSSR count). The number of nitrogens with zero attached hydrogens (tertiary/aromatic N) is 2. The van der Waals surface area contributed by atoms with Gasteiger partial charge >= 0.3 is 6.18 Å². The second-order valence-electron chi connectivity index (χ2n) is 4.83. The lowest BCUT2D eigenvalue weighted by Gasteiger charge is -2.37. The van der Waals surface area contributed by atoms with Crippen molar-refractivity contribution in [3.05, 3.63) is 29.6 Å². The van der Waals surface area contributed by atoms with E-state index in [2.05, 4.69) is 0 Å². The van der Waals surface area contributed by atoms with Gasteiger partial charge in [0.05, 0.1) is 12.2 Å². The van der Waals surface area contributed by atoms with E-state index in [1.807, 2.05) is 0 Å². The van der Waals surface area contributed by atoms with Crippen molar-refractivity contribution in [3.8, 4) is 0 Å². The molecule has 20 heavy (non-hydrogen) atoms. The highest BCUT2D eigenvalue weighted by Crippen LogP contribution is 2.26. The quantitative estimate of drug-likeness (QED) is 0.864. The summed E-state index contributed by atoms with van der Waals surface area (Å²) < 4.78 is 50.8. The minimum Gasteiger partial charge on any atom is -0.366 e. The monoisotopic (exact) mass is 291 g/mol. The van der Waals surface area contributed by atoms with Gasteiger partial charge in [0.2, 0.25) is 0 Å². The molecule has 0 aromatic heterocycles. The summed E-state index contributed by atoms with van der Waals surface area (Å²) in [6.45, 7) is 0.543. The minimum absolute atomic E-state index is 0.204. The highest BCUT2D eigenvalue weighted by atomic mass is 19.4. The van der Waals surface area contributed by atoms with Crippen LogP contribution in [-0.2, 0) is 6.54 Å². The van der Waals surface area contributed by atoms with E-state index in [9.17, 15) is 17.6 Å². The lowest BCUT2D eigenvalue weighted by Crippen LogP contribution is -2.49. The van der Waals surface area contributed by atoms with Gasteiger partial charge in [-0.25, -0.2) is 4.39 Å². The van der Waals surface area contributed by atoms with E-state index in [-0.39, 0.29) is 25.5 Å². The molecule has 1 aliphatic heterocycles. The van der Waals surface area contributed by atoms with Crippen molar-refractivity contribution in [2.24, 2.45) is 5.73 Å². The molecular formula is C13H17F4N3. The molecule has 0 bridgehead atoms. The van der Waals surface area contributed by atoms with Crippen molar-refractivity contribution in [1.29, 1.82) is 0 Å². The van der Waals surface area contributed by atoms with Gasteiger partial charge in [0.25, 0.3) is 0 Å². The predicted molar refractivity (Wildman–Crippen MR) is 69.0 cm³/mol. The van der Waals surface area contributed by atoms with Gasteiger partial charge in [0.1, 0.15) is 5.82 Å². The second kappa shape index (κ2) is 5.97. The number of hydrogen-bond donors (Lipinski definition) is 1. The molecule has 112 valence electrons. The molecule has 0 unspecified atom stereocenters. The predicted octanol–water partition coefficient (Wildman–Crippen LogP) is 1.97. The van der Waals surface area contributed by atoms with Crippen LogP contribution >= 0.6 is 0 Å². The Morgan fingerprint density at radius 1 is 1.10 bits per heavy atom. The molecule has 0 aliphatic carbocycles. The van der Waals surface area contributed by atoms with Crippen molar-refractivity contribution >= 4 is 5.69 Å². The van der Waals surface area contributed by atoms with Crippen molar-refractivity contribution in [2.75, 3.05) is 37.6 Å². The Kier molecular flexibility index (Phi) is 4.49. The fourth-order valence-corrected chi connectivity index (χ4v) is 2.46. The smallest absolute Gasteiger partial charge is 0.366 e. The first-order valence-corrected chi connectivity index (χ1v) is 6.42. The van der Waals surface area contributed by atoms with E-state index >= 15 is 0 Å². The molecular weight excluding hydrogens is 274 g/mol. The maximum Gasteiger partial charge on any atom is 0.401 e. The van der Waals surface area contributed by atoms with Crippen LogP contribution in [0.4, 0.5) is 23.2 Å². The van der Waals surface area contributed by atoms with Gasteiger partial charge in [-0.15, -0.1) is 0 Å². The van der Waals surface area contributed by atoms with Crippen LogP contribution in [0.15, 0.2) is 18.2 Å². The number of anilines is 1. The molecule has 3 nitrogen and oxygen atoms in total. The first kappa shape index (κ1) is 15.1. The summed E-state index contributed by atoms with van der Waals surface area (Å²) in [6, 6.07) is 4.66. The largest absolute Gasteiger partial charge is 0.401 e. The Balaban J connectivity index is 2.04. The van der Waals surface area contributed by atoms with Gasteiger partial charge in [-0.2, -0.15) is 13.2 Å².